The molecule has 1 aliphatic heterocycles. The molecular weight excluding hydrogens is 219 g/mol. The van der Waals surface area contributed by atoms with Crippen molar-refractivity contribution in [1.82, 2.24) is 10.6 Å². The second kappa shape index (κ2) is 5.27. The van der Waals surface area contributed by atoms with Gasteiger partial charge in [-0.05, 0) is 50.6 Å². The second-order valence-electron chi connectivity index (χ2n) is 4.46. The van der Waals surface area contributed by atoms with Crippen molar-refractivity contribution in [2.45, 2.75) is 25.8 Å². The Bertz CT molecular complexity index is 414. The second-order valence-corrected chi connectivity index (χ2v) is 4.46. The van der Waals surface area contributed by atoms with Gasteiger partial charge in [-0.1, -0.05) is 6.07 Å². The van der Waals surface area contributed by atoms with Gasteiger partial charge < -0.3 is 10.6 Å². The van der Waals surface area contributed by atoms with Crippen molar-refractivity contribution in [3.8, 4) is 0 Å². The lowest BCUT2D eigenvalue weighted by Crippen LogP contribution is -2.42. The van der Waals surface area contributed by atoms with Gasteiger partial charge >= 0.3 is 0 Å². The van der Waals surface area contributed by atoms with E-state index in [-0.39, 0.29) is 17.8 Å². The molecule has 0 spiro atoms. The lowest BCUT2D eigenvalue weighted by Gasteiger charge is -2.23. The van der Waals surface area contributed by atoms with Crippen LogP contribution in [0.1, 0.15) is 28.8 Å². The third kappa shape index (κ3) is 3.03. The summed E-state index contributed by atoms with van der Waals surface area (Å²) in [5.74, 6) is -0.515. The first-order valence-corrected chi connectivity index (χ1v) is 5.94. The molecule has 0 radical (unpaired) electrons. The minimum atomic E-state index is -0.331. The lowest BCUT2D eigenvalue weighted by atomic mass is 10.1. The maximum absolute atomic E-state index is 13.3. The Morgan fingerprint density at radius 2 is 2.12 bits per heavy atom. The van der Waals surface area contributed by atoms with Crippen molar-refractivity contribution in [2.75, 3.05) is 13.1 Å². The van der Waals surface area contributed by atoms with Crippen LogP contribution in [-0.4, -0.2) is 25.0 Å². The van der Waals surface area contributed by atoms with Gasteiger partial charge in [0, 0.05) is 11.6 Å². The first-order chi connectivity index (χ1) is 8.16. The Kier molecular flexibility index (Phi) is 3.74. The van der Waals surface area contributed by atoms with E-state index in [1.165, 1.54) is 6.07 Å². The van der Waals surface area contributed by atoms with E-state index in [0.29, 0.717) is 11.1 Å². The quantitative estimate of drug-likeness (QED) is 0.819. The predicted octanol–water partition coefficient (Wildman–Crippen LogP) is 1.62. The zero-order valence-corrected chi connectivity index (χ0v) is 9.92. The van der Waals surface area contributed by atoms with Gasteiger partial charge in [0.25, 0.3) is 5.91 Å². The van der Waals surface area contributed by atoms with E-state index >= 15 is 0 Å². The molecule has 4 heteroatoms. The zero-order valence-electron chi connectivity index (χ0n) is 9.92. The largest absolute Gasteiger partial charge is 0.349 e. The summed E-state index contributed by atoms with van der Waals surface area (Å²) >= 11 is 0. The van der Waals surface area contributed by atoms with Gasteiger partial charge in [-0.15, -0.1) is 0 Å². The van der Waals surface area contributed by atoms with Gasteiger partial charge in [-0.2, -0.15) is 0 Å². The lowest BCUT2D eigenvalue weighted by molar-refractivity contribution is 0.0929. The van der Waals surface area contributed by atoms with Gasteiger partial charge in [0.2, 0.25) is 0 Å². The Hall–Kier alpha value is -1.42. The van der Waals surface area contributed by atoms with Crippen LogP contribution in [0.4, 0.5) is 4.39 Å². The fraction of sp³-hybridized carbons (Fsp3) is 0.462. The van der Waals surface area contributed by atoms with Crippen molar-refractivity contribution < 1.29 is 9.18 Å². The van der Waals surface area contributed by atoms with E-state index in [1.807, 2.05) is 0 Å². The van der Waals surface area contributed by atoms with Crippen LogP contribution in [0, 0.1) is 12.7 Å². The molecule has 2 rings (SSSR count). The van der Waals surface area contributed by atoms with E-state index in [1.54, 1.807) is 19.1 Å². The number of amides is 1. The Labute approximate surface area is 100 Å². The summed E-state index contributed by atoms with van der Waals surface area (Å²) in [4.78, 5) is 11.9. The molecule has 1 heterocycles. The molecule has 0 aromatic heterocycles. The molecule has 3 nitrogen and oxygen atoms in total. The van der Waals surface area contributed by atoms with Crippen molar-refractivity contribution in [2.24, 2.45) is 0 Å². The number of piperidine rings is 1. The third-order valence-corrected chi connectivity index (χ3v) is 3.11. The van der Waals surface area contributed by atoms with Crippen LogP contribution in [0.3, 0.4) is 0 Å². The van der Waals surface area contributed by atoms with Crippen LogP contribution in [0.5, 0.6) is 0 Å². The molecule has 1 fully saturated rings. The van der Waals surface area contributed by atoms with Crippen molar-refractivity contribution in [1.29, 1.82) is 0 Å². The number of rotatable bonds is 2. The predicted molar refractivity (Wildman–Crippen MR) is 64.5 cm³/mol. The Balaban J connectivity index is 2.01. The number of hydrogen-bond acceptors (Lipinski definition) is 2. The fourth-order valence-corrected chi connectivity index (χ4v) is 1.97. The van der Waals surface area contributed by atoms with E-state index in [4.69, 9.17) is 0 Å². The van der Waals surface area contributed by atoms with Crippen LogP contribution >= 0.6 is 0 Å². The summed E-state index contributed by atoms with van der Waals surface area (Å²) in [5, 5.41) is 6.17. The number of nitrogens with one attached hydrogen (secondary N) is 2. The highest BCUT2D eigenvalue weighted by Crippen LogP contribution is 2.10. The van der Waals surface area contributed by atoms with Crippen molar-refractivity contribution >= 4 is 5.91 Å². The average Bonchev–Trinajstić information content (AvgIpc) is 2.34. The molecule has 2 N–H and O–H groups in total. The van der Waals surface area contributed by atoms with Crippen molar-refractivity contribution in [3.05, 3.63) is 35.1 Å². The number of carbonyl (C=O) groups is 1. The summed E-state index contributed by atoms with van der Waals surface area (Å²) in [5.41, 5.74) is 0.954. The molecule has 0 unspecified atom stereocenters. The van der Waals surface area contributed by atoms with Gasteiger partial charge in [0.05, 0.1) is 0 Å². The molecule has 1 aromatic rings. The smallest absolute Gasteiger partial charge is 0.251 e. The van der Waals surface area contributed by atoms with Crippen LogP contribution in [0.2, 0.25) is 0 Å². The van der Waals surface area contributed by atoms with Crippen molar-refractivity contribution in [3.63, 3.8) is 0 Å². The maximum Gasteiger partial charge on any atom is 0.251 e. The summed E-state index contributed by atoms with van der Waals surface area (Å²) < 4.78 is 13.3. The highest BCUT2D eigenvalue weighted by atomic mass is 19.1. The summed E-state index contributed by atoms with van der Waals surface area (Å²) in [6, 6.07) is 4.79. The molecule has 92 valence electrons. The van der Waals surface area contributed by atoms with E-state index in [0.717, 1.165) is 25.9 Å². The molecular formula is C13H17FN2O. The number of carbonyl (C=O) groups excluding carboxylic acids is 1. The molecule has 17 heavy (non-hydrogen) atoms. The minimum absolute atomic E-state index is 0.184. The fourth-order valence-electron chi connectivity index (χ4n) is 1.97. The van der Waals surface area contributed by atoms with E-state index in [9.17, 15) is 9.18 Å². The number of hydrogen-bond donors (Lipinski definition) is 2. The summed E-state index contributed by atoms with van der Waals surface area (Å²) in [6.07, 6.45) is 1.86. The standard InChI is InChI=1S/C13H17FN2O/c1-9-2-3-10(8-12(9)14)13(17)16-11-4-6-15-7-5-11/h2-3,8,11,15H,4-7H2,1H3,(H,16,17). The first-order valence-electron chi connectivity index (χ1n) is 5.94. The number of aryl methyl sites for hydroxylation is 1. The van der Waals surface area contributed by atoms with Crippen LogP contribution < -0.4 is 10.6 Å². The first kappa shape index (κ1) is 12.0. The van der Waals surface area contributed by atoms with Crippen LogP contribution in [-0.2, 0) is 0 Å². The monoisotopic (exact) mass is 236 g/mol. The normalized spacial score (nSPS) is 16.8. The number of benzene rings is 1. The Morgan fingerprint density at radius 1 is 1.41 bits per heavy atom. The van der Waals surface area contributed by atoms with Crippen LogP contribution in [0.25, 0.3) is 0 Å². The molecule has 0 saturated carbocycles. The minimum Gasteiger partial charge on any atom is -0.349 e. The zero-order chi connectivity index (χ0) is 12.3. The molecule has 1 aliphatic rings. The average molecular weight is 236 g/mol. The molecule has 0 atom stereocenters. The third-order valence-electron chi connectivity index (χ3n) is 3.11. The SMILES string of the molecule is Cc1ccc(C(=O)NC2CCNCC2)cc1F. The van der Waals surface area contributed by atoms with Crippen LogP contribution in [0.15, 0.2) is 18.2 Å². The maximum atomic E-state index is 13.3. The number of halogens is 1. The molecule has 1 saturated heterocycles. The molecule has 0 bridgehead atoms. The summed E-state index contributed by atoms with van der Waals surface area (Å²) in [7, 11) is 0. The van der Waals surface area contributed by atoms with E-state index < -0.39 is 0 Å². The molecule has 0 aliphatic carbocycles. The van der Waals surface area contributed by atoms with Gasteiger partial charge in [-0.3, -0.25) is 4.79 Å². The highest BCUT2D eigenvalue weighted by molar-refractivity contribution is 5.94. The Morgan fingerprint density at radius 3 is 2.76 bits per heavy atom. The van der Waals surface area contributed by atoms with E-state index in [2.05, 4.69) is 10.6 Å². The van der Waals surface area contributed by atoms with Gasteiger partial charge in [0.15, 0.2) is 0 Å². The summed E-state index contributed by atoms with van der Waals surface area (Å²) in [6.45, 7) is 3.53. The highest BCUT2D eigenvalue weighted by Gasteiger charge is 2.16. The van der Waals surface area contributed by atoms with Gasteiger partial charge in [-0.25, -0.2) is 4.39 Å². The van der Waals surface area contributed by atoms with Gasteiger partial charge in [0.1, 0.15) is 5.82 Å². The topological polar surface area (TPSA) is 41.1 Å². The molecule has 1 amide bonds. The molecule has 1 aromatic carbocycles.